The Labute approximate surface area is 138 Å². The van der Waals surface area contributed by atoms with E-state index >= 15 is 0 Å². The van der Waals surface area contributed by atoms with Crippen LogP contribution in [-0.4, -0.2) is 34.1 Å². The number of rotatable bonds is 2. The first-order valence-electron chi connectivity index (χ1n) is 9.23. The number of aliphatic hydroxyl groups excluding tert-OH is 1. The summed E-state index contributed by atoms with van der Waals surface area (Å²) < 4.78 is 0. The molecule has 2 heterocycles. The van der Waals surface area contributed by atoms with Crippen LogP contribution >= 0.6 is 0 Å². The summed E-state index contributed by atoms with van der Waals surface area (Å²) in [6.45, 7) is 0.934. The zero-order valence-corrected chi connectivity index (χ0v) is 13.8. The Hall–Kier alpha value is -1.35. The van der Waals surface area contributed by atoms with Gasteiger partial charge in [0.25, 0.3) is 0 Å². The molecule has 0 unspecified atom stereocenters. The summed E-state index contributed by atoms with van der Waals surface area (Å²) in [4.78, 5) is 14.8. The lowest BCUT2D eigenvalue weighted by molar-refractivity contribution is -0.140. The summed E-state index contributed by atoms with van der Waals surface area (Å²) in [6.07, 6.45) is 7.62. The van der Waals surface area contributed by atoms with Gasteiger partial charge in [-0.25, -0.2) is 0 Å². The largest absolute Gasteiger partial charge is 0.393 e. The Morgan fingerprint density at radius 2 is 1.96 bits per heavy atom. The second kappa shape index (κ2) is 5.94. The topological polar surface area (TPSA) is 40.5 Å². The molecule has 1 spiro atoms. The predicted octanol–water partition coefficient (Wildman–Crippen LogP) is 3.16. The Morgan fingerprint density at radius 3 is 2.78 bits per heavy atom. The maximum absolute atomic E-state index is 12.6. The van der Waals surface area contributed by atoms with E-state index in [2.05, 4.69) is 29.2 Å². The Balaban J connectivity index is 1.67. The van der Waals surface area contributed by atoms with E-state index in [0.717, 1.165) is 51.5 Å². The van der Waals surface area contributed by atoms with Crippen molar-refractivity contribution in [2.45, 2.75) is 63.0 Å². The molecule has 23 heavy (non-hydrogen) atoms. The van der Waals surface area contributed by atoms with E-state index in [1.54, 1.807) is 0 Å². The summed E-state index contributed by atoms with van der Waals surface area (Å²) in [6, 6.07) is 10.5. The van der Waals surface area contributed by atoms with Crippen LogP contribution in [0.1, 0.15) is 50.5 Å². The smallest absolute Gasteiger partial charge is 0.223 e. The fraction of sp³-hybridized carbons (Fsp3) is 0.650. The normalized spacial score (nSPS) is 37.2. The zero-order chi connectivity index (χ0) is 15.9. The molecule has 1 N–H and O–H groups in total. The molecule has 1 saturated carbocycles. The van der Waals surface area contributed by atoms with E-state index in [0.29, 0.717) is 18.2 Å². The first-order chi connectivity index (χ1) is 11.2. The molecule has 1 aromatic rings. The molecule has 0 aromatic heterocycles. The lowest BCUT2D eigenvalue weighted by Crippen LogP contribution is -2.58. The van der Waals surface area contributed by atoms with Crippen molar-refractivity contribution in [2.24, 2.45) is 11.8 Å². The second-order valence-corrected chi connectivity index (χ2v) is 7.71. The van der Waals surface area contributed by atoms with Crippen LogP contribution in [0, 0.1) is 11.8 Å². The second-order valence-electron chi connectivity index (χ2n) is 7.71. The van der Waals surface area contributed by atoms with Crippen LogP contribution in [0.15, 0.2) is 30.3 Å². The van der Waals surface area contributed by atoms with Gasteiger partial charge in [0.1, 0.15) is 0 Å². The lowest BCUT2D eigenvalue weighted by atomic mass is 9.62. The van der Waals surface area contributed by atoms with Gasteiger partial charge in [-0.1, -0.05) is 30.3 Å². The predicted molar refractivity (Wildman–Crippen MR) is 89.9 cm³/mol. The van der Waals surface area contributed by atoms with E-state index < -0.39 is 0 Å². The highest BCUT2D eigenvalue weighted by Crippen LogP contribution is 2.52. The van der Waals surface area contributed by atoms with Crippen LogP contribution in [0.25, 0.3) is 0 Å². The van der Waals surface area contributed by atoms with E-state index in [1.807, 2.05) is 6.07 Å². The van der Waals surface area contributed by atoms with Crippen LogP contribution in [0.2, 0.25) is 0 Å². The van der Waals surface area contributed by atoms with Gasteiger partial charge in [0, 0.05) is 18.5 Å². The molecule has 1 aliphatic carbocycles. The molecule has 2 aliphatic heterocycles. The van der Waals surface area contributed by atoms with Crippen LogP contribution < -0.4 is 0 Å². The van der Waals surface area contributed by atoms with Gasteiger partial charge in [0.05, 0.1) is 6.10 Å². The van der Waals surface area contributed by atoms with Crippen molar-refractivity contribution in [2.75, 3.05) is 6.54 Å². The summed E-state index contributed by atoms with van der Waals surface area (Å²) in [7, 11) is 0. The van der Waals surface area contributed by atoms with Gasteiger partial charge in [-0.15, -0.1) is 0 Å². The van der Waals surface area contributed by atoms with Crippen molar-refractivity contribution in [3.63, 3.8) is 0 Å². The number of aliphatic hydroxyl groups is 1. The van der Waals surface area contributed by atoms with Gasteiger partial charge < -0.3 is 10.0 Å². The SMILES string of the molecule is O=C1CCC[C@@H]2[C@H](Cc3ccccc3)[C@H](O)CC[C@@]23CCCN13. The molecular formula is C20H27NO2. The molecule has 124 valence electrons. The highest BCUT2D eigenvalue weighted by Gasteiger charge is 2.55. The molecular weight excluding hydrogens is 286 g/mol. The molecule has 1 aromatic carbocycles. The number of carbonyl (C=O) groups is 1. The maximum Gasteiger partial charge on any atom is 0.223 e. The Kier molecular flexibility index (Phi) is 3.92. The Morgan fingerprint density at radius 1 is 1.13 bits per heavy atom. The third kappa shape index (κ3) is 2.50. The number of nitrogens with zero attached hydrogens (tertiary/aromatic N) is 1. The maximum atomic E-state index is 12.6. The summed E-state index contributed by atoms with van der Waals surface area (Å²) in [5.74, 6) is 1.11. The highest BCUT2D eigenvalue weighted by molar-refractivity contribution is 5.78. The Bertz CT molecular complexity index is 572. The lowest BCUT2D eigenvalue weighted by Gasteiger charge is -2.51. The fourth-order valence-electron chi connectivity index (χ4n) is 5.64. The minimum atomic E-state index is -0.221. The average molecular weight is 313 g/mol. The fourth-order valence-corrected chi connectivity index (χ4v) is 5.64. The van der Waals surface area contributed by atoms with E-state index in [4.69, 9.17) is 0 Å². The zero-order valence-electron chi connectivity index (χ0n) is 13.8. The summed E-state index contributed by atoms with van der Waals surface area (Å²) >= 11 is 0. The standard InChI is InChI=1S/C20H27NO2/c22-18-10-12-20-11-5-13-21(20)19(23)9-4-8-17(20)16(18)14-15-6-2-1-3-7-15/h1-3,6-7,16-18,22H,4-5,8-14H2/t16-,17+,18+,20-/m0/s1. The van der Waals surface area contributed by atoms with Gasteiger partial charge in [-0.05, 0) is 62.3 Å². The average Bonchev–Trinajstić information content (AvgIpc) is 2.93. The van der Waals surface area contributed by atoms with Crippen LogP contribution in [0.3, 0.4) is 0 Å². The minimum Gasteiger partial charge on any atom is -0.393 e. The van der Waals surface area contributed by atoms with Crippen molar-refractivity contribution in [3.8, 4) is 0 Å². The van der Waals surface area contributed by atoms with Gasteiger partial charge in [-0.2, -0.15) is 0 Å². The molecule has 2 saturated heterocycles. The number of hydrogen-bond acceptors (Lipinski definition) is 2. The number of hydrogen-bond donors (Lipinski definition) is 1. The van der Waals surface area contributed by atoms with Crippen molar-refractivity contribution in [1.82, 2.24) is 4.90 Å². The van der Waals surface area contributed by atoms with Gasteiger partial charge in [0.2, 0.25) is 5.91 Å². The van der Waals surface area contributed by atoms with Crippen molar-refractivity contribution in [3.05, 3.63) is 35.9 Å². The number of amides is 1. The van der Waals surface area contributed by atoms with Crippen LogP contribution in [0.4, 0.5) is 0 Å². The quantitative estimate of drug-likeness (QED) is 0.911. The van der Waals surface area contributed by atoms with Crippen molar-refractivity contribution >= 4 is 5.91 Å². The van der Waals surface area contributed by atoms with E-state index in [-0.39, 0.29) is 17.6 Å². The molecule has 0 bridgehead atoms. The first kappa shape index (κ1) is 15.2. The number of carbonyl (C=O) groups excluding carboxylic acids is 1. The third-order valence-corrected chi connectivity index (χ3v) is 6.62. The van der Waals surface area contributed by atoms with Crippen LogP contribution in [-0.2, 0) is 11.2 Å². The van der Waals surface area contributed by atoms with Crippen molar-refractivity contribution < 1.29 is 9.90 Å². The molecule has 0 radical (unpaired) electrons. The van der Waals surface area contributed by atoms with Gasteiger partial charge >= 0.3 is 0 Å². The molecule has 4 rings (SSSR count). The minimum absolute atomic E-state index is 0.0479. The molecule has 3 nitrogen and oxygen atoms in total. The van der Waals surface area contributed by atoms with Gasteiger partial charge in [-0.3, -0.25) is 4.79 Å². The third-order valence-electron chi connectivity index (χ3n) is 6.62. The molecule has 1 amide bonds. The number of benzene rings is 1. The van der Waals surface area contributed by atoms with Gasteiger partial charge in [0.15, 0.2) is 0 Å². The van der Waals surface area contributed by atoms with E-state index in [1.165, 1.54) is 5.56 Å². The highest BCUT2D eigenvalue weighted by atomic mass is 16.3. The summed E-state index contributed by atoms with van der Waals surface area (Å²) in [5.41, 5.74) is 1.36. The molecule has 3 fully saturated rings. The van der Waals surface area contributed by atoms with E-state index in [9.17, 15) is 9.90 Å². The van der Waals surface area contributed by atoms with Crippen molar-refractivity contribution in [1.29, 1.82) is 0 Å². The summed E-state index contributed by atoms with van der Waals surface area (Å²) in [5, 5.41) is 10.7. The molecule has 3 aliphatic rings. The monoisotopic (exact) mass is 313 g/mol. The first-order valence-corrected chi connectivity index (χ1v) is 9.23. The van der Waals surface area contributed by atoms with Crippen LogP contribution in [0.5, 0.6) is 0 Å². The molecule has 3 heteroatoms. The molecule has 4 atom stereocenters.